The van der Waals surface area contributed by atoms with Crippen molar-refractivity contribution in [3.05, 3.63) is 63.0 Å². The van der Waals surface area contributed by atoms with Gasteiger partial charge in [0.05, 0.1) is 6.04 Å². The van der Waals surface area contributed by atoms with Gasteiger partial charge >= 0.3 is 0 Å². The molecule has 1 unspecified atom stereocenters. The third-order valence-electron chi connectivity index (χ3n) is 2.60. The number of rotatable bonds is 2. The molecule has 1 aromatic heterocycles. The molecule has 2 aromatic rings. The van der Waals surface area contributed by atoms with Crippen LogP contribution in [-0.2, 0) is 0 Å². The molecule has 82 valence electrons. The summed E-state index contributed by atoms with van der Waals surface area (Å²) in [7, 11) is 0. The molecule has 0 aliphatic carbocycles. The number of nitrogens with two attached hydrogens (primary N) is 1. The van der Waals surface area contributed by atoms with Gasteiger partial charge in [0.15, 0.2) is 0 Å². The van der Waals surface area contributed by atoms with Gasteiger partial charge in [0.1, 0.15) is 0 Å². The summed E-state index contributed by atoms with van der Waals surface area (Å²) >= 11 is 2.35. The lowest BCUT2D eigenvalue weighted by atomic mass is 10.00. The Morgan fingerprint density at radius 1 is 1.25 bits per heavy atom. The van der Waals surface area contributed by atoms with E-state index in [9.17, 15) is 0 Å². The topological polar surface area (TPSA) is 38.9 Å². The van der Waals surface area contributed by atoms with Crippen LogP contribution in [0.15, 0.2) is 42.7 Å². The third-order valence-corrected chi connectivity index (χ3v) is 4.07. The van der Waals surface area contributed by atoms with E-state index in [1.807, 2.05) is 24.4 Å². The van der Waals surface area contributed by atoms with E-state index >= 15 is 0 Å². The highest BCUT2D eigenvalue weighted by Crippen LogP contribution is 2.25. The molecule has 1 heterocycles. The average molecular weight is 324 g/mol. The minimum atomic E-state index is -0.0968. The predicted molar refractivity (Wildman–Crippen MR) is 74.2 cm³/mol. The minimum absolute atomic E-state index is 0.0968. The zero-order valence-corrected chi connectivity index (χ0v) is 11.2. The van der Waals surface area contributed by atoms with E-state index in [2.05, 4.69) is 46.6 Å². The molecule has 2 N–H and O–H groups in total. The molecule has 0 saturated carbocycles. The molecule has 0 radical (unpaired) electrons. The molecule has 0 spiro atoms. The molecule has 0 saturated heterocycles. The van der Waals surface area contributed by atoms with Crippen molar-refractivity contribution >= 4 is 22.6 Å². The van der Waals surface area contributed by atoms with E-state index in [1.165, 1.54) is 9.13 Å². The average Bonchev–Trinajstić information content (AvgIpc) is 2.33. The molecule has 1 atom stereocenters. The van der Waals surface area contributed by atoms with Crippen LogP contribution in [0.1, 0.15) is 22.7 Å². The first-order chi connectivity index (χ1) is 7.70. The fraction of sp³-hybridized carbons (Fsp3) is 0.154. The number of aryl methyl sites for hydroxylation is 1. The highest BCUT2D eigenvalue weighted by Gasteiger charge is 2.12. The molecule has 2 nitrogen and oxygen atoms in total. The molecule has 0 aliphatic heterocycles. The van der Waals surface area contributed by atoms with Crippen molar-refractivity contribution in [2.24, 2.45) is 5.73 Å². The lowest BCUT2D eigenvalue weighted by Gasteiger charge is -2.15. The summed E-state index contributed by atoms with van der Waals surface area (Å²) in [6.45, 7) is 2.10. The Morgan fingerprint density at radius 3 is 2.75 bits per heavy atom. The molecular formula is C13H13IN2. The lowest BCUT2D eigenvalue weighted by molar-refractivity contribution is 0.855. The van der Waals surface area contributed by atoms with Gasteiger partial charge in [-0.2, -0.15) is 0 Å². The Kier molecular flexibility index (Phi) is 3.56. The van der Waals surface area contributed by atoms with Crippen molar-refractivity contribution in [2.45, 2.75) is 13.0 Å². The number of hydrogen-bond donors (Lipinski definition) is 1. The van der Waals surface area contributed by atoms with Crippen molar-refractivity contribution in [3.8, 4) is 0 Å². The largest absolute Gasteiger partial charge is 0.320 e. The molecule has 16 heavy (non-hydrogen) atoms. The van der Waals surface area contributed by atoms with E-state index in [0.717, 1.165) is 11.1 Å². The maximum Gasteiger partial charge on any atom is 0.0577 e. The van der Waals surface area contributed by atoms with Crippen LogP contribution in [-0.4, -0.2) is 4.98 Å². The van der Waals surface area contributed by atoms with Crippen molar-refractivity contribution in [3.63, 3.8) is 0 Å². The fourth-order valence-electron chi connectivity index (χ4n) is 1.65. The van der Waals surface area contributed by atoms with E-state index in [4.69, 9.17) is 5.73 Å². The van der Waals surface area contributed by atoms with Gasteiger partial charge in [0.2, 0.25) is 0 Å². The van der Waals surface area contributed by atoms with Crippen molar-refractivity contribution in [2.75, 3.05) is 0 Å². The molecule has 1 aromatic carbocycles. The Bertz CT molecular complexity index is 483. The van der Waals surface area contributed by atoms with Crippen molar-refractivity contribution in [1.82, 2.24) is 4.98 Å². The van der Waals surface area contributed by atoms with Crippen LogP contribution in [0.25, 0.3) is 0 Å². The molecular weight excluding hydrogens is 311 g/mol. The van der Waals surface area contributed by atoms with Gasteiger partial charge in [-0.3, -0.25) is 4.98 Å². The highest BCUT2D eigenvalue weighted by atomic mass is 127. The van der Waals surface area contributed by atoms with Gasteiger partial charge in [-0.15, -0.1) is 0 Å². The Morgan fingerprint density at radius 2 is 2.06 bits per heavy atom. The van der Waals surface area contributed by atoms with Gasteiger partial charge < -0.3 is 5.73 Å². The monoisotopic (exact) mass is 324 g/mol. The summed E-state index contributed by atoms with van der Waals surface area (Å²) in [6, 6.07) is 10.0. The number of hydrogen-bond acceptors (Lipinski definition) is 2. The fourth-order valence-corrected chi connectivity index (χ4v) is 2.34. The second-order valence-corrected chi connectivity index (χ2v) is 4.82. The summed E-state index contributed by atoms with van der Waals surface area (Å²) in [6.07, 6.45) is 3.58. The van der Waals surface area contributed by atoms with Crippen molar-refractivity contribution < 1.29 is 0 Å². The number of pyridine rings is 1. The lowest BCUT2D eigenvalue weighted by Crippen LogP contribution is -2.13. The van der Waals surface area contributed by atoms with Crippen molar-refractivity contribution in [1.29, 1.82) is 0 Å². The smallest absolute Gasteiger partial charge is 0.0577 e. The molecule has 0 amide bonds. The van der Waals surface area contributed by atoms with Gasteiger partial charge in [0, 0.05) is 16.0 Å². The first-order valence-corrected chi connectivity index (χ1v) is 6.18. The standard InChI is InChI=1S/C13H13IN2/c1-9-4-2-6-11(12(9)14)13(15)10-5-3-7-16-8-10/h2-8,13H,15H2,1H3. The zero-order valence-electron chi connectivity index (χ0n) is 9.02. The third kappa shape index (κ3) is 2.25. The second kappa shape index (κ2) is 4.93. The summed E-state index contributed by atoms with van der Waals surface area (Å²) in [5, 5.41) is 0. The number of halogens is 1. The molecule has 3 heteroatoms. The van der Waals surface area contributed by atoms with Crippen LogP contribution in [0.2, 0.25) is 0 Å². The Labute approximate surface area is 109 Å². The van der Waals surface area contributed by atoms with Gasteiger partial charge in [0.25, 0.3) is 0 Å². The first-order valence-electron chi connectivity index (χ1n) is 5.10. The summed E-state index contributed by atoms with van der Waals surface area (Å²) in [5.74, 6) is 0. The van der Waals surface area contributed by atoms with Crippen LogP contribution in [0.5, 0.6) is 0 Å². The summed E-state index contributed by atoms with van der Waals surface area (Å²) in [5.41, 5.74) is 9.71. The SMILES string of the molecule is Cc1cccc(C(N)c2cccnc2)c1I. The number of aromatic nitrogens is 1. The quantitative estimate of drug-likeness (QED) is 0.863. The Hall–Kier alpha value is -0.940. The van der Waals surface area contributed by atoms with E-state index in [-0.39, 0.29) is 6.04 Å². The van der Waals surface area contributed by atoms with E-state index < -0.39 is 0 Å². The first kappa shape index (κ1) is 11.5. The second-order valence-electron chi connectivity index (χ2n) is 3.74. The summed E-state index contributed by atoms with van der Waals surface area (Å²) < 4.78 is 1.23. The molecule has 0 bridgehead atoms. The van der Waals surface area contributed by atoms with Gasteiger partial charge in [-0.05, 0) is 52.3 Å². The van der Waals surface area contributed by atoms with Crippen LogP contribution in [0, 0.1) is 10.5 Å². The van der Waals surface area contributed by atoms with E-state index in [1.54, 1.807) is 6.20 Å². The summed E-state index contributed by atoms with van der Waals surface area (Å²) in [4.78, 5) is 4.10. The molecule has 0 aliphatic rings. The molecule has 2 rings (SSSR count). The van der Waals surface area contributed by atoms with Crippen LogP contribution in [0.3, 0.4) is 0 Å². The van der Waals surface area contributed by atoms with Crippen LogP contribution >= 0.6 is 22.6 Å². The van der Waals surface area contributed by atoms with Crippen LogP contribution < -0.4 is 5.73 Å². The van der Waals surface area contributed by atoms with Gasteiger partial charge in [-0.1, -0.05) is 24.3 Å². The maximum absolute atomic E-state index is 6.24. The minimum Gasteiger partial charge on any atom is -0.320 e. The van der Waals surface area contributed by atoms with Gasteiger partial charge in [-0.25, -0.2) is 0 Å². The number of nitrogens with zero attached hydrogens (tertiary/aromatic N) is 1. The predicted octanol–water partition coefficient (Wildman–Crippen LogP) is 3.04. The zero-order chi connectivity index (χ0) is 11.5. The highest BCUT2D eigenvalue weighted by molar-refractivity contribution is 14.1. The number of benzene rings is 1. The Balaban J connectivity index is 2.42. The normalized spacial score (nSPS) is 12.4. The molecule has 0 fully saturated rings. The van der Waals surface area contributed by atoms with Crippen LogP contribution in [0.4, 0.5) is 0 Å². The maximum atomic E-state index is 6.24. The van der Waals surface area contributed by atoms with E-state index in [0.29, 0.717) is 0 Å².